The highest BCUT2D eigenvalue weighted by Crippen LogP contribution is 2.34. The van der Waals surface area contributed by atoms with Crippen LogP contribution in [-0.4, -0.2) is 41.8 Å². The number of nitrogens with zero attached hydrogens (tertiary/aromatic N) is 3. The topological polar surface area (TPSA) is 47.5 Å². The molecule has 3 aromatic rings. The smallest absolute Gasteiger partial charge is 0.138 e. The number of anilines is 1. The van der Waals surface area contributed by atoms with Gasteiger partial charge in [-0.25, -0.2) is 4.98 Å². The number of fused-ring (bicyclic) bond motifs is 1. The molecule has 1 aromatic carbocycles. The summed E-state index contributed by atoms with van der Waals surface area (Å²) in [6.07, 6.45) is 0.421. The van der Waals surface area contributed by atoms with E-state index in [0.717, 1.165) is 46.1 Å². The van der Waals surface area contributed by atoms with Crippen LogP contribution in [-0.2, 0) is 4.74 Å². The molecule has 25 heavy (non-hydrogen) atoms. The summed E-state index contributed by atoms with van der Waals surface area (Å²) >= 11 is 1.52. The van der Waals surface area contributed by atoms with Gasteiger partial charge in [-0.2, -0.15) is 4.37 Å². The molecule has 130 valence electrons. The molecule has 2 atom stereocenters. The van der Waals surface area contributed by atoms with E-state index in [9.17, 15) is 0 Å². The maximum Gasteiger partial charge on any atom is 0.138 e. The van der Waals surface area contributed by atoms with Gasteiger partial charge in [-0.3, -0.25) is 0 Å². The Hall–Kier alpha value is -2.18. The molecule has 1 saturated heterocycles. The van der Waals surface area contributed by atoms with Gasteiger partial charge < -0.3 is 14.4 Å². The van der Waals surface area contributed by atoms with Gasteiger partial charge in [0.2, 0.25) is 0 Å². The average Bonchev–Trinajstić information content (AvgIpc) is 3.04. The summed E-state index contributed by atoms with van der Waals surface area (Å²) in [5, 5.41) is 1.13. The Labute approximate surface area is 151 Å². The Bertz CT molecular complexity index is 885. The van der Waals surface area contributed by atoms with Crippen LogP contribution in [0.1, 0.15) is 13.8 Å². The average molecular weight is 355 g/mol. The van der Waals surface area contributed by atoms with Crippen LogP contribution in [0.4, 0.5) is 5.00 Å². The lowest BCUT2D eigenvalue weighted by Gasteiger charge is -2.35. The van der Waals surface area contributed by atoms with E-state index in [2.05, 4.69) is 29.2 Å². The Kier molecular flexibility index (Phi) is 4.31. The number of rotatable bonds is 3. The largest absolute Gasteiger partial charge is 0.497 e. The molecule has 0 radical (unpaired) electrons. The van der Waals surface area contributed by atoms with Crippen molar-refractivity contribution < 1.29 is 9.47 Å². The summed E-state index contributed by atoms with van der Waals surface area (Å²) < 4.78 is 15.8. The highest BCUT2D eigenvalue weighted by molar-refractivity contribution is 7.11. The summed E-state index contributed by atoms with van der Waals surface area (Å²) in [5.41, 5.74) is 3.88. The molecular weight excluding hydrogens is 334 g/mol. The molecule has 0 saturated carbocycles. The Morgan fingerprint density at radius 3 is 2.72 bits per heavy atom. The number of hydrogen-bond donors (Lipinski definition) is 0. The minimum absolute atomic E-state index is 0.211. The molecule has 3 heterocycles. The summed E-state index contributed by atoms with van der Waals surface area (Å²) in [7, 11) is 1.68. The quantitative estimate of drug-likeness (QED) is 0.711. The van der Waals surface area contributed by atoms with Gasteiger partial charge in [0.15, 0.2) is 0 Å². The van der Waals surface area contributed by atoms with Crippen molar-refractivity contribution in [2.45, 2.75) is 26.1 Å². The minimum atomic E-state index is 0.211. The molecule has 0 aliphatic carbocycles. The highest BCUT2D eigenvalue weighted by atomic mass is 32.1. The van der Waals surface area contributed by atoms with E-state index >= 15 is 0 Å². The van der Waals surface area contributed by atoms with Crippen LogP contribution in [0.5, 0.6) is 5.75 Å². The van der Waals surface area contributed by atoms with Crippen LogP contribution < -0.4 is 9.64 Å². The lowest BCUT2D eigenvalue weighted by molar-refractivity contribution is -0.00494. The molecule has 5 nitrogen and oxygen atoms in total. The van der Waals surface area contributed by atoms with E-state index in [1.54, 1.807) is 7.11 Å². The molecule has 1 fully saturated rings. The van der Waals surface area contributed by atoms with E-state index in [1.807, 2.05) is 30.3 Å². The first-order valence-electron chi connectivity index (χ1n) is 8.45. The zero-order valence-corrected chi connectivity index (χ0v) is 15.4. The Morgan fingerprint density at radius 1 is 1.16 bits per heavy atom. The standard InChI is InChI=1S/C19H21N3O2S/c1-12-10-22(11-13(2)24-12)19-18-17(21-25-19)8-7-16(20-18)14-5-4-6-15(9-14)23-3/h4-9,12-13H,10-11H2,1-3H3/t12-,13+. The lowest BCUT2D eigenvalue weighted by atomic mass is 10.1. The molecule has 4 rings (SSSR count). The van der Waals surface area contributed by atoms with Crippen molar-refractivity contribution in [1.82, 2.24) is 9.36 Å². The van der Waals surface area contributed by atoms with Crippen LogP contribution >= 0.6 is 11.5 Å². The van der Waals surface area contributed by atoms with Crippen molar-refractivity contribution in [3.63, 3.8) is 0 Å². The zero-order chi connectivity index (χ0) is 17.4. The molecule has 0 amide bonds. The maximum atomic E-state index is 5.85. The van der Waals surface area contributed by atoms with Gasteiger partial charge in [-0.1, -0.05) is 12.1 Å². The lowest BCUT2D eigenvalue weighted by Crippen LogP contribution is -2.45. The van der Waals surface area contributed by atoms with E-state index in [1.165, 1.54) is 11.5 Å². The van der Waals surface area contributed by atoms with Crippen LogP contribution in [0.3, 0.4) is 0 Å². The molecule has 0 N–H and O–H groups in total. The third kappa shape index (κ3) is 3.19. The normalized spacial score (nSPS) is 20.8. The van der Waals surface area contributed by atoms with E-state index in [0.29, 0.717) is 0 Å². The van der Waals surface area contributed by atoms with Gasteiger partial charge in [-0.15, -0.1) is 0 Å². The van der Waals surface area contributed by atoms with E-state index < -0.39 is 0 Å². The van der Waals surface area contributed by atoms with E-state index in [-0.39, 0.29) is 12.2 Å². The van der Waals surface area contributed by atoms with Gasteiger partial charge in [-0.05, 0) is 49.6 Å². The fourth-order valence-electron chi connectivity index (χ4n) is 3.31. The second-order valence-corrected chi connectivity index (χ2v) is 7.20. The number of morpholine rings is 1. The number of benzene rings is 1. The first-order chi connectivity index (χ1) is 12.1. The van der Waals surface area contributed by atoms with Crippen LogP contribution in [0, 0.1) is 0 Å². The number of pyridine rings is 1. The zero-order valence-electron chi connectivity index (χ0n) is 14.6. The molecule has 6 heteroatoms. The SMILES string of the molecule is COc1cccc(-c2ccc3nsc(N4C[C@@H](C)O[C@@H](C)C4)c3n2)c1. The molecule has 1 aliphatic heterocycles. The van der Waals surface area contributed by atoms with Crippen molar-refractivity contribution in [1.29, 1.82) is 0 Å². The predicted molar refractivity (Wildman–Crippen MR) is 102 cm³/mol. The summed E-state index contributed by atoms with van der Waals surface area (Å²) in [6, 6.07) is 12.0. The summed E-state index contributed by atoms with van der Waals surface area (Å²) in [5.74, 6) is 0.832. The summed E-state index contributed by atoms with van der Waals surface area (Å²) in [6.45, 7) is 5.96. The minimum Gasteiger partial charge on any atom is -0.497 e. The van der Waals surface area contributed by atoms with Crippen LogP contribution in [0.15, 0.2) is 36.4 Å². The van der Waals surface area contributed by atoms with Gasteiger partial charge in [0.1, 0.15) is 21.8 Å². The number of ether oxygens (including phenoxy) is 2. The molecule has 0 unspecified atom stereocenters. The first-order valence-corrected chi connectivity index (χ1v) is 9.22. The van der Waals surface area contributed by atoms with Crippen molar-refractivity contribution >= 4 is 27.6 Å². The second-order valence-electron chi connectivity index (χ2n) is 6.45. The van der Waals surface area contributed by atoms with Gasteiger partial charge >= 0.3 is 0 Å². The van der Waals surface area contributed by atoms with Crippen LogP contribution in [0.2, 0.25) is 0 Å². The highest BCUT2D eigenvalue weighted by Gasteiger charge is 2.25. The maximum absolute atomic E-state index is 5.85. The van der Waals surface area contributed by atoms with Crippen molar-refractivity contribution in [3.05, 3.63) is 36.4 Å². The monoisotopic (exact) mass is 355 g/mol. The Balaban J connectivity index is 1.75. The van der Waals surface area contributed by atoms with Crippen molar-refractivity contribution in [2.24, 2.45) is 0 Å². The molecule has 0 spiro atoms. The van der Waals surface area contributed by atoms with Gasteiger partial charge in [0.05, 0.1) is 25.0 Å². The number of aromatic nitrogens is 2. The first kappa shape index (κ1) is 16.3. The molecular formula is C19H21N3O2S. The van der Waals surface area contributed by atoms with Gasteiger partial charge in [0.25, 0.3) is 0 Å². The number of methoxy groups -OCH3 is 1. The van der Waals surface area contributed by atoms with Crippen LogP contribution in [0.25, 0.3) is 22.3 Å². The molecule has 2 aromatic heterocycles. The van der Waals surface area contributed by atoms with Gasteiger partial charge in [0, 0.05) is 18.7 Å². The van der Waals surface area contributed by atoms with Crippen molar-refractivity contribution in [3.8, 4) is 17.0 Å². The predicted octanol–water partition coefficient (Wildman–Crippen LogP) is 3.98. The van der Waals surface area contributed by atoms with E-state index in [4.69, 9.17) is 14.5 Å². The third-order valence-electron chi connectivity index (χ3n) is 4.38. The van der Waals surface area contributed by atoms with Crippen molar-refractivity contribution in [2.75, 3.05) is 25.1 Å². The third-order valence-corrected chi connectivity index (χ3v) is 5.29. The fourth-order valence-corrected chi connectivity index (χ4v) is 4.15. The molecule has 1 aliphatic rings. The molecule has 0 bridgehead atoms. The fraction of sp³-hybridized carbons (Fsp3) is 0.368. The Morgan fingerprint density at radius 2 is 1.96 bits per heavy atom. The summed E-state index contributed by atoms with van der Waals surface area (Å²) in [4.78, 5) is 7.26. The number of hydrogen-bond acceptors (Lipinski definition) is 6. The second kappa shape index (κ2) is 6.61.